The number of aliphatic hydroxyl groups is 1. The van der Waals surface area contributed by atoms with Gasteiger partial charge in [0.05, 0.1) is 28.4 Å². The van der Waals surface area contributed by atoms with E-state index in [-0.39, 0.29) is 24.0 Å². The predicted octanol–water partition coefficient (Wildman–Crippen LogP) is 6.83. The van der Waals surface area contributed by atoms with Crippen molar-refractivity contribution in [1.29, 1.82) is 0 Å². The molecule has 9 heteroatoms. The summed E-state index contributed by atoms with van der Waals surface area (Å²) in [5.74, 6) is -0.107. The highest BCUT2D eigenvalue weighted by atomic mass is 32.1. The van der Waals surface area contributed by atoms with Gasteiger partial charge >= 0.3 is 5.91 Å². The Kier molecular flexibility index (Phi) is 7.43. The van der Waals surface area contributed by atoms with E-state index in [0.29, 0.717) is 40.8 Å². The van der Waals surface area contributed by atoms with Crippen LogP contribution in [0.2, 0.25) is 0 Å². The smallest absolute Gasteiger partial charge is 0.301 e. The first kappa shape index (κ1) is 28.5. The van der Waals surface area contributed by atoms with Gasteiger partial charge in [-0.15, -0.1) is 0 Å². The van der Waals surface area contributed by atoms with E-state index in [9.17, 15) is 14.7 Å². The minimum absolute atomic E-state index is 0.0166. The average Bonchev–Trinajstić information content (AvgIpc) is 3.64. The lowest BCUT2D eigenvalue weighted by Crippen LogP contribution is -2.29. The van der Waals surface area contributed by atoms with Crippen LogP contribution in [-0.4, -0.2) is 41.1 Å². The molecule has 1 N–H and O–H groups in total. The fraction of sp³-hybridized carbons (Fsp3) is 0.265. The third-order valence-electron chi connectivity index (χ3n) is 7.58. The molecule has 1 amide bonds. The van der Waals surface area contributed by atoms with Crippen LogP contribution in [0.15, 0.2) is 66.8 Å². The van der Waals surface area contributed by atoms with Gasteiger partial charge in [-0.25, -0.2) is 4.98 Å². The van der Waals surface area contributed by atoms with E-state index < -0.39 is 17.7 Å². The second kappa shape index (κ2) is 11.2. The molecule has 0 aliphatic carbocycles. The molecule has 0 radical (unpaired) electrons. The Morgan fingerprint density at radius 3 is 2.72 bits per heavy atom. The molecule has 220 valence electrons. The summed E-state index contributed by atoms with van der Waals surface area (Å²) in [6.45, 7) is 12.2. The Labute approximate surface area is 253 Å². The molecule has 1 aromatic heterocycles. The minimum Gasteiger partial charge on any atom is -0.507 e. The van der Waals surface area contributed by atoms with Crippen molar-refractivity contribution < 1.29 is 28.9 Å². The zero-order valence-electron chi connectivity index (χ0n) is 24.5. The number of carbonyl (C=O) groups is 2. The molecule has 2 atom stereocenters. The number of hydrogen-bond acceptors (Lipinski definition) is 8. The number of amides is 1. The van der Waals surface area contributed by atoms with Crippen molar-refractivity contribution in [3.63, 3.8) is 0 Å². The third-order valence-corrected chi connectivity index (χ3v) is 8.58. The number of benzene rings is 3. The number of nitrogens with zero attached hydrogens (tertiary/aromatic N) is 2. The number of Topliss-reactive ketones (excluding diaryl/α,β-unsaturated/α-hetero) is 1. The van der Waals surface area contributed by atoms with Crippen LogP contribution in [0.4, 0.5) is 5.13 Å². The fourth-order valence-electron chi connectivity index (χ4n) is 5.76. The van der Waals surface area contributed by atoms with E-state index in [1.807, 2.05) is 45.9 Å². The van der Waals surface area contributed by atoms with Crippen LogP contribution in [0, 0.1) is 13.8 Å². The normalized spacial score (nSPS) is 19.0. The number of fused-ring (bicyclic) bond motifs is 2. The summed E-state index contributed by atoms with van der Waals surface area (Å²) in [6, 6.07) is 13.7. The van der Waals surface area contributed by atoms with Gasteiger partial charge in [-0.2, -0.15) is 0 Å². The van der Waals surface area contributed by atoms with E-state index in [2.05, 4.69) is 6.58 Å². The van der Waals surface area contributed by atoms with Gasteiger partial charge in [0.25, 0.3) is 5.78 Å². The summed E-state index contributed by atoms with van der Waals surface area (Å²) in [6.07, 6.45) is 2.34. The second-order valence-electron chi connectivity index (χ2n) is 10.8. The van der Waals surface area contributed by atoms with Crippen LogP contribution >= 0.6 is 11.3 Å². The van der Waals surface area contributed by atoms with Gasteiger partial charge in [0.2, 0.25) is 0 Å². The topological polar surface area (TPSA) is 98.2 Å². The van der Waals surface area contributed by atoms with Crippen molar-refractivity contribution in [3.8, 4) is 17.2 Å². The van der Waals surface area contributed by atoms with Gasteiger partial charge in [-0.3, -0.25) is 14.5 Å². The van der Waals surface area contributed by atoms with Crippen molar-refractivity contribution in [2.75, 3.05) is 18.1 Å². The van der Waals surface area contributed by atoms with Gasteiger partial charge in [-0.1, -0.05) is 36.1 Å². The van der Waals surface area contributed by atoms with Crippen LogP contribution in [0.1, 0.15) is 47.7 Å². The number of aliphatic hydroxyl groups excluding tert-OH is 1. The summed E-state index contributed by atoms with van der Waals surface area (Å²) in [5.41, 5.74) is 4.73. The van der Waals surface area contributed by atoms with Crippen molar-refractivity contribution in [3.05, 3.63) is 94.6 Å². The molecule has 0 unspecified atom stereocenters. The predicted molar refractivity (Wildman–Crippen MR) is 167 cm³/mol. The first-order valence-corrected chi connectivity index (χ1v) is 15.0. The zero-order valence-corrected chi connectivity index (χ0v) is 25.3. The number of hydrogen-bond donors (Lipinski definition) is 1. The van der Waals surface area contributed by atoms with Gasteiger partial charge in [-0.05, 0) is 86.3 Å². The zero-order chi connectivity index (χ0) is 30.4. The molecule has 2 aliphatic heterocycles. The van der Waals surface area contributed by atoms with Gasteiger partial charge in [0, 0.05) is 12.0 Å². The number of aromatic nitrogens is 1. The number of thiazole rings is 1. The Hall–Kier alpha value is -4.63. The Morgan fingerprint density at radius 1 is 1.14 bits per heavy atom. The molecule has 8 nitrogen and oxygen atoms in total. The lowest BCUT2D eigenvalue weighted by molar-refractivity contribution is -0.132. The van der Waals surface area contributed by atoms with Crippen LogP contribution < -0.4 is 19.1 Å². The standard InChI is InChI=1S/C34H32N2O6S/c1-6-12-41-25-11-8-21(17-26(25)40-7-2)30-28(31(37)22-9-10-24-23(16-22)15-20(5)42-24)32(38)33(39)36(30)34-35-29-19(4)13-18(3)14-27(29)43-34/h6,8-11,13-14,16-17,20,30,37H,1,7,12,15H2,2-5H3/b31-28+/t20-,30+/m0/s1. The lowest BCUT2D eigenvalue weighted by atomic mass is 9.94. The molecule has 1 fully saturated rings. The fourth-order valence-corrected chi connectivity index (χ4v) is 6.93. The number of anilines is 1. The Balaban J connectivity index is 1.55. The van der Waals surface area contributed by atoms with Gasteiger partial charge in [0.1, 0.15) is 24.2 Å². The second-order valence-corrected chi connectivity index (χ2v) is 11.8. The minimum atomic E-state index is -0.960. The highest BCUT2D eigenvalue weighted by Crippen LogP contribution is 2.46. The van der Waals surface area contributed by atoms with E-state index in [0.717, 1.165) is 32.7 Å². The third kappa shape index (κ3) is 5.03. The Bertz CT molecular complexity index is 1820. The van der Waals surface area contributed by atoms with Crippen molar-refractivity contribution in [2.45, 2.75) is 46.3 Å². The molecule has 6 rings (SSSR count). The van der Waals surface area contributed by atoms with Crippen molar-refractivity contribution in [1.82, 2.24) is 4.98 Å². The highest BCUT2D eigenvalue weighted by Gasteiger charge is 2.48. The highest BCUT2D eigenvalue weighted by molar-refractivity contribution is 7.22. The van der Waals surface area contributed by atoms with E-state index >= 15 is 0 Å². The maximum Gasteiger partial charge on any atom is 0.301 e. The molecule has 1 saturated heterocycles. The molecule has 43 heavy (non-hydrogen) atoms. The number of ether oxygens (including phenoxy) is 3. The van der Waals surface area contributed by atoms with Gasteiger partial charge < -0.3 is 19.3 Å². The van der Waals surface area contributed by atoms with E-state index in [1.165, 1.54) is 16.2 Å². The molecular formula is C34H32N2O6S. The molecule has 3 aromatic carbocycles. The molecule has 4 aromatic rings. The van der Waals surface area contributed by atoms with E-state index in [1.54, 1.807) is 36.4 Å². The molecular weight excluding hydrogens is 564 g/mol. The largest absolute Gasteiger partial charge is 0.507 e. The first-order chi connectivity index (χ1) is 20.7. The molecule has 0 saturated carbocycles. The molecule has 0 spiro atoms. The molecule has 3 heterocycles. The maximum absolute atomic E-state index is 13.8. The number of carbonyl (C=O) groups excluding carboxylic acids is 2. The van der Waals surface area contributed by atoms with Crippen LogP contribution in [0.3, 0.4) is 0 Å². The van der Waals surface area contributed by atoms with E-state index in [4.69, 9.17) is 19.2 Å². The van der Waals surface area contributed by atoms with Crippen LogP contribution in [0.25, 0.3) is 16.0 Å². The monoisotopic (exact) mass is 596 g/mol. The SMILES string of the molecule is C=CCOc1ccc([C@@H]2/C(=C(\O)c3ccc4c(c3)C[C@H](C)O4)C(=O)C(=O)N2c2nc3c(C)cc(C)cc3s2)cc1OCC. The summed E-state index contributed by atoms with van der Waals surface area (Å²) >= 11 is 1.34. The summed E-state index contributed by atoms with van der Waals surface area (Å²) in [4.78, 5) is 33.8. The summed E-state index contributed by atoms with van der Waals surface area (Å²) in [5, 5.41) is 12.1. The number of aryl methyl sites for hydroxylation is 2. The molecule has 2 aliphatic rings. The van der Waals surface area contributed by atoms with Crippen molar-refractivity contribution >= 4 is 44.1 Å². The number of rotatable bonds is 8. The summed E-state index contributed by atoms with van der Waals surface area (Å²) in [7, 11) is 0. The lowest BCUT2D eigenvalue weighted by Gasteiger charge is -2.24. The first-order valence-electron chi connectivity index (χ1n) is 14.2. The van der Waals surface area contributed by atoms with Crippen LogP contribution in [-0.2, 0) is 16.0 Å². The van der Waals surface area contributed by atoms with Crippen molar-refractivity contribution in [2.24, 2.45) is 0 Å². The summed E-state index contributed by atoms with van der Waals surface area (Å²) < 4.78 is 18.4. The van der Waals surface area contributed by atoms with Crippen LogP contribution in [0.5, 0.6) is 17.2 Å². The van der Waals surface area contributed by atoms with Gasteiger partial charge in [0.15, 0.2) is 16.6 Å². The quantitative estimate of drug-likeness (QED) is 0.103. The number of ketones is 1. The maximum atomic E-state index is 13.8. The Morgan fingerprint density at radius 2 is 1.95 bits per heavy atom. The average molecular weight is 597 g/mol. The molecule has 0 bridgehead atoms.